The molecule has 42 heavy (non-hydrogen) atoms. The van der Waals surface area contributed by atoms with Crippen molar-refractivity contribution in [3.05, 3.63) is 53.5 Å². The van der Waals surface area contributed by atoms with E-state index in [1.54, 1.807) is 20.4 Å². The van der Waals surface area contributed by atoms with Gasteiger partial charge in [0.15, 0.2) is 0 Å². The Labute approximate surface area is 250 Å². The van der Waals surface area contributed by atoms with Crippen LogP contribution in [-0.4, -0.2) is 80.4 Å². The molecule has 10 nitrogen and oxygen atoms in total. The maximum Gasteiger partial charge on any atom is 0.259 e. The number of fused-ring (bicyclic) bond motifs is 1. The number of methoxy groups -OCH3 is 2. The Bertz CT molecular complexity index is 1560. The highest BCUT2D eigenvalue weighted by molar-refractivity contribution is 7.21. The number of hydrogen-bond acceptors (Lipinski definition) is 10. The van der Waals surface area contributed by atoms with E-state index in [0.29, 0.717) is 39.4 Å². The van der Waals surface area contributed by atoms with Gasteiger partial charge in [0.1, 0.15) is 16.4 Å². The first-order valence-corrected chi connectivity index (χ1v) is 14.8. The summed E-state index contributed by atoms with van der Waals surface area (Å²) in [5, 5.41) is 3.36. The predicted molar refractivity (Wildman–Crippen MR) is 169 cm³/mol. The van der Waals surface area contributed by atoms with Crippen molar-refractivity contribution in [2.75, 3.05) is 57.7 Å². The van der Waals surface area contributed by atoms with Crippen LogP contribution < -0.4 is 25.4 Å². The minimum Gasteiger partial charge on any atom is -0.496 e. The molecule has 0 saturated carbocycles. The van der Waals surface area contributed by atoms with Crippen LogP contribution in [0.4, 0.5) is 17.3 Å². The van der Waals surface area contributed by atoms with Crippen LogP contribution >= 0.6 is 11.3 Å². The Balaban J connectivity index is 1.49. The van der Waals surface area contributed by atoms with Crippen LogP contribution in [0.3, 0.4) is 0 Å². The molecule has 1 aliphatic heterocycles. The number of rotatable bonds is 11. The predicted octanol–water partition coefficient (Wildman–Crippen LogP) is 5.15. The number of para-hydroxylation sites is 1. The van der Waals surface area contributed by atoms with E-state index in [-0.39, 0.29) is 6.10 Å². The molecule has 2 aromatic carbocycles. The number of hydrogen-bond donors (Lipinski definition) is 2. The maximum absolute atomic E-state index is 12.4. The Hall–Kier alpha value is -3.93. The van der Waals surface area contributed by atoms with E-state index >= 15 is 0 Å². The molecule has 0 radical (unpaired) electrons. The molecular formula is C31H38N6O4S. The summed E-state index contributed by atoms with van der Waals surface area (Å²) in [5.41, 5.74) is 9.65. The third-order valence-electron chi connectivity index (χ3n) is 7.40. The molecule has 0 aliphatic carbocycles. The van der Waals surface area contributed by atoms with Crippen LogP contribution in [0.5, 0.6) is 11.5 Å². The van der Waals surface area contributed by atoms with Gasteiger partial charge in [-0.3, -0.25) is 9.69 Å². The lowest BCUT2D eigenvalue weighted by Gasteiger charge is -2.40. The molecule has 0 bridgehead atoms. The monoisotopic (exact) mass is 590 g/mol. The molecule has 11 heteroatoms. The summed E-state index contributed by atoms with van der Waals surface area (Å²) in [4.78, 5) is 27.0. The number of anilines is 3. The van der Waals surface area contributed by atoms with Crippen molar-refractivity contribution in [1.29, 1.82) is 0 Å². The molecule has 1 aliphatic rings. The zero-order chi connectivity index (χ0) is 29.8. The Morgan fingerprint density at radius 3 is 2.71 bits per heavy atom. The van der Waals surface area contributed by atoms with E-state index in [4.69, 9.17) is 24.9 Å². The lowest BCUT2D eigenvalue weighted by molar-refractivity contribution is 0.100. The van der Waals surface area contributed by atoms with Gasteiger partial charge in [0.05, 0.1) is 35.3 Å². The molecule has 5 rings (SSSR count). The van der Waals surface area contributed by atoms with Gasteiger partial charge in [0.25, 0.3) is 5.91 Å². The van der Waals surface area contributed by atoms with Crippen LogP contribution in [0.15, 0.2) is 48.7 Å². The van der Waals surface area contributed by atoms with Crippen molar-refractivity contribution in [3.8, 4) is 22.6 Å². The summed E-state index contributed by atoms with van der Waals surface area (Å²) in [6.45, 7) is 7.57. The topological polar surface area (TPSA) is 115 Å². The van der Waals surface area contributed by atoms with E-state index in [1.807, 2.05) is 44.2 Å². The lowest BCUT2D eigenvalue weighted by atomic mass is 10.0. The second kappa shape index (κ2) is 12.9. The fourth-order valence-electron chi connectivity index (χ4n) is 5.26. The average Bonchev–Trinajstić information content (AvgIpc) is 3.36. The minimum atomic E-state index is -0.523. The van der Waals surface area contributed by atoms with Crippen LogP contribution in [0.2, 0.25) is 0 Å². The fourth-order valence-corrected chi connectivity index (χ4v) is 6.24. The molecule has 1 unspecified atom stereocenters. The number of primary amides is 1. The molecule has 1 saturated heterocycles. The molecule has 0 spiro atoms. The fraction of sp³-hybridized carbons (Fsp3) is 0.387. The molecule has 222 valence electrons. The van der Waals surface area contributed by atoms with Crippen molar-refractivity contribution >= 4 is 44.8 Å². The van der Waals surface area contributed by atoms with Crippen molar-refractivity contribution in [1.82, 2.24) is 14.9 Å². The number of piperazine rings is 1. The summed E-state index contributed by atoms with van der Waals surface area (Å²) >= 11 is 1.27. The maximum atomic E-state index is 12.4. The third-order valence-corrected chi connectivity index (χ3v) is 8.53. The summed E-state index contributed by atoms with van der Waals surface area (Å²) in [6, 6.07) is 14.1. The van der Waals surface area contributed by atoms with E-state index < -0.39 is 5.91 Å². The molecule has 4 aromatic rings. The normalized spacial score (nSPS) is 15.8. The minimum absolute atomic E-state index is 0.0294. The van der Waals surface area contributed by atoms with Gasteiger partial charge in [-0.15, -0.1) is 11.3 Å². The number of nitrogens with one attached hydrogen (secondary N) is 1. The highest BCUT2D eigenvalue weighted by Gasteiger charge is 2.26. The molecule has 1 atom stereocenters. The summed E-state index contributed by atoms with van der Waals surface area (Å²) in [7, 11) is 5.52. The first-order valence-electron chi connectivity index (χ1n) is 14.0. The zero-order valence-electron chi connectivity index (χ0n) is 24.7. The first kappa shape index (κ1) is 29.6. The number of nitrogens with zero attached hydrogens (tertiary/aromatic N) is 4. The molecule has 3 heterocycles. The van der Waals surface area contributed by atoms with E-state index in [9.17, 15) is 4.79 Å². The second-order valence-corrected chi connectivity index (χ2v) is 11.7. The first-order chi connectivity index (χ1) is 20.3. The van der Waals surface area contributed by atoms with Gasteiger partial charge in [-0.05, 0) is 45.5 Å². The van der Waals surface area contributed by atoms with Gasteiger partial charge in [-0.1, -0.05) is 18.2 Å². The van der Waals surface area contributed by atoms with E-state index in [1.165, 1.54) is 11.3 Å². The standard InChI is InChI=1S/C31H38N6O4S/c1-19(2)41-25-16-20(37-14-13-36(3)21(18-37)12-15-39-4)10-11-23(25)34-31-33-17-26-28(35-31)27(29(42-26)30(32)38)22-8-6-7-9-24(22)40-5/h6-11,16-17,19,21H,12-15,18H2,1-5H3,(H2,32,38)(H,33,34,35). The van der Waals surface area contributed by atoms with Crippen LogP contribution in [0, 0.1) is 0 Å². The van der Waals surface area contributed by atoms with Crippen LogP contribution in [0.1, 0.15) is 29.9 Å². The van der Waals surface area contributed by atoms with Crippen molar-refractivity contribution in [3.63, 3.8) is 0 Å². The summed E-state index contributed by atoms with van der Waals surface area (Å²) in [5.74, 6) is 1.20. The quantitative estimate of drug-likeness (QED) is 0.245. The third kappa shape index (κ3) is 6.28. The second-order valence-electron chi connectivity index (χ2n) is 10.6. The highest BCUT2D eigenvalue weighted by atomic mass is 32.1. The number of carbonyl (C=O) groups excluding carboxylic acids is 1. The van der Waals surface area contributed by atoms with Gasteiger partial charge in [-0.25, -0.2) is 9.97 Å². The number of likely N-dealkylation sites (N-methyl/N-ethyl adjacent to an activating group) is 1. The average molecular weight is 591 g/mol. The smallest absolute Gasteiger partial charge is 0.259 e. The van der Waals surface area contributed by atoms with Gasteiger partial charge in [0, 0.05) is 62.3 Å². The molecule has 1 amide bonds. The number of carbonyl (C=O) groups is 1. The number of ether oxygens (including phenoxy) is 3. The van der Waals surface area contributed by atoms with E-state index in [2.05, 4.69) is 39.3 Å². The molecule has 2 aromatic heterocycles. The van der Waals surface area contributed by atoms with Crippen LogP contribution in [0.25, 0.3) is 21.3 Å². The Kier molecular flexibility index (Phi) is 9.10. The van der Waals surface area contributed by atoms with E-state index in [0.717, 1.165) is 54.3 Å². The SMILES string of the molecule is COCCC1CN(c2ccc(Nc3ncc4sc(C(N)=O)c(-c5ccccc5OC)c4n3)c(OC(C)C)c2)CCN1C. The zero-order valence-corrected chi connectivity index (χ0v) is 25.5. The largest absolute Gasteiger partial charge is 0.496 e. The number of aromatic nitrogens is 2. The van der Waals surface area contributed by atoms with Crippen molar-refractivity contribution in [2.45, 2.75) is 32.4 Å². The van der Waals surface area contributed by atoms with Gasteiger partial charge in [0.2, 0.25) is 5.95 Å². The van der Waals surface area contributed by atoms with Crippen LogP contribution in [-0.2, 0) is 4.74 Å². The molecule has 1 fully saturated rings. The molecule has 3 N–H and O–H groups in total. The summed E-state index contributed by atoms with van der Waals surface area (Å²) < 4.78 is 17.9. The number of nitrogens with two attached hydrogens (primary N) is 1. The molecular weight excluding hydrogens is 552 g/mol. The summed E-state index contributed by atoms with van der Waals surface area (Å²) in [6.07, 6.45) is 2.66. The van der Waals surface area contributed by atoms with Gasteiger partial charge < -0.3 is 30.2 Å². The van der Waals surface area contributed by atoms with Crippen molar-refractivity contribution in [2.24, 2.45) is 5.73 Å². The Morgan fingerprint density at radius 1 is 1.17 bits per heavy atom. The van der Waals surface area contributed by atoms with Crippen molar-refractivity contribution < 1.29 is 19.0 Å². The number of benzene rings is 2. The van der Waals surface area contributed by atoms with Gasteiger partial charge >= 0.3 is 0 Å². The van der Waals surface area contributed by atoms with Gasteiger partial charge in [-0.2, -0.15) is 0 Å². The highest BCUT2D eigenvalue weighted by Crippen LogP contribution is 2.42. The number of amides is 1. The lowest BCUT2D eigenvalue weighted by Crippen LogP contribution is -2.51. The Morgan fingerprint density at radius 2 is 1.98 bits per heavy atom. The number of thiophene rings is 1.